The molecule has 1 rings (SSSR count). The van der Waals surface area contributed by atoms with Gasteiger partial charge >= 0.3 is 0 Å². The maximum absolute atomic E-state index is 11.4. The monoisotopic (exact) mass is 231 g/mol. The first kappa shape index (κ1) is 13.0. The first-order valence-corrected chi connectivity index (χ1v) is 5.59. The highest BCUT2D eigenvalue weighted by atomic mass is 16.1. The molecule has 90 valence electrons. The fourth-order valence-electron chi connectivity index (χ4n) is 1.20. The standard InChI is InChI=1S/C13H17N3O/c1-2-10-15-13(14)16-12(17)9-8-11-6-4-3-5-7-11/h3-9H,2,10H2,1H3,(H3,14,15,16,17)/b9-8+. The highest BCUT2D eigenvalue weighted by Crippen LogP contribution is 2.00. The van der Waals surface area contributed by atoms with E-state index in [0.717, 1.165) is 12.0 Å². The first-order valence-electron chi connectivity index (χ1n) is 5.59. The molecule has 0 unspecified atom stereocenters. The minimum absolute atomic E-state index is 0.0366. The van der Waals surface area contributed by atoms with Gasteiger partial charge in [-0.05, 0) is 18.1 Å². The van der Waals surface area contributed by atoms with Gasteiger partial charge in [0.05, 0.1) is 0 Å². The summed E-state index contributed by atoms with van der Waals surface area (Å²) < 4.78 is 0. The SMILES string of the molecule is CCCNC(=N)NC(=O)/C=C/c1ccccc1. The molecule has 0 heterocycles. The summed E-state index contributed by atoms with van der Waals surface area (Å²) in [6.07, 6.45) is 4.04. The van der Waals surface area contributed by atoms with Crippen molar-refractivity contribution in [3.8, 4) is 0 Å². The minimum Gasteiger partial charge on any atom is -0.356 e. The van der Waals surface area contributed by atoms with Crippen molar-refractivity contribution in [1.29, 1.82) is 5.41 Å². The molecule has 4 heteroatoms. The lowest BCUT2D eigenvalue weighted by Crippen LogP contribution is -2.39. The third kappa shape index (κ3) is 5.51. The zero-order chi connectivity index (χ0) is 12.5. The van der Waals surface area contributed by atoms with E-state index in [1.807, 2.05) is 37.3 Å². The average molecular weight is 231 g/mol. The van der Waals surface area contributed by atoms with E-state index in [1.165, 1.54) is 6.08 Å². The molecule has 0 aromatic heterocycles. The van der Waals surface area contributed by atoms with Gasteiger partial charge in [0.15, 0.2) is 5.96 Å². The molecule has 1 aromatic rings. The molecule has 0 fully saturated rings. The van der Waals surface area contributed by atoms with Crippen LogP contribution in [0.25, 0.3) is 6.08 Å². The molecule has 0 saturated heterocycles. The molecule has 17 heavy (non-hydrogen) atoms. The Kier molecular flexibility index (Phi) is 5.51. The summed E-state index contributed by atoms with van der Waals surface area (Å²) in [7, 11) is 0. The van der Waals surface area contributed by atoms with Crippen LogP contribution >= 0.6 is 0 Å². The number of benzene rings is 1. The Hall–Kier alpha value is -2.10. The predicted molar refractivity (Wildman–Crippen MR) is 69.6 cm³/mol. The fourth-order valence-corrected chi connectivity index (χ4v) is 1.20. The van der Waals surface area contributed by atoms with Gasteiger partial charge < -0.3 is 5.32 Å². The molecule has 0 saturated carbocycles. The van der Waals surface area contributed by atoms with Crippen LogP contribution in [0.5, 0.6) is 0 Å². The molecule has 4 nitrogen and oxygen atoms in total. The number of carbonyl (C=O) groups is 1. The lowest BCUT2D eigenvalue weighted by atomic mass is 10.2. The molecule has 0 atom stereocenters. The molecular weight excluding hydrogens is 214 g/mol. The van der Waals surface area contributed by atoms with Gasteiger partial charge in [-0.15, -0.1) is 0 Å². The minimum atomic E-state index is -0.303. The van der Waals surface area contributed by atoms with E-state index < -0.39 is 0 Å². The lowest BCUT2D eigenvalue weighted by molar-refractivity contribution is -0.115. The number of hydrogen-bond donors (Lipinski definition) is 3. The van der Waals surface area contributed by atoms with Crippen LogP contribution in [0.2, 0.25) is 0 Å². The summed E-state index contributed by atoms with van der Waals surface area (Å²) in [5.74, 6) is -0.267. The molecule has 0 aliphatic carbocycles. The molecule has 0 bridgehead atoms. The molecule has 0 spiro atoms. The second-order valence-corrected chi connectivity index (χ2v) is 3.54. The van der Waals surface area contributed by atoms with Crippen LogP contribution in [0.1, 0.15) is 18.9 Å². The normalized spacial score (nSPS) is 10.2. The average Bonchev–Trinajstić information content (AvgIpc) is 2.35. The van der Waals surface area contributed by atoms with Gasteiger partial charge in [0, 0.05) is 12.6 Å². The van der Waals surface area contributed by atoms with Gasteiger partial charge in [0.1, 0.15) is 0 Å². The number of carbonyl (C=O) groups excluding carboxylic acids is 1. The summed E-state index contributed by atoms with van der Waals surface area (Å²) in [6, 6.07) is 9.54. The van der Waals surface area contributed by atoms with Crippen molar-refractivity contribution >= 4 is 17.9 Å². The molecule has 0 radical (unpaired) electrons. The maximum Gasteiger partial charge on any atom is 0.250 e. The highest BCUT2D eigenvalue weighted by molar-refractivity contribution is 6.02. The van der Waals surface area contributed by atoms with E-state index in [-0.39, 0.29) is 11.9 Å². The number of hydrogen-bond acceptors (Lipinski definition) is 2. The van der Waals surface area contributed by atoms with Crippen molar-refractivity contribution in [2.45, 2.75) is 13.3 Å². The third-order valence-electron chi connectivity index (χ3n) is 2.03. The van der Waals surface area contributed by atoms with Crippen molar-refractivity contribution in [2.75, 3.05) is 6.54 Å². The van der Waals surface area contributed by atoms with Crippen LogP contribution < -0.4 is 10.6 Å². The van der Waals surface area contributed by atoms with Gasteiger partial charge in [0.25, 0.3) is 5.91 Å². The lowest BCUT2D eigenvalue weighted by Gasteiger charge is -2.05. The van der Waals surface area contributed by atoms with Gasteiger partial charge in [-0.2, -0.15) is 0 Å². The molecule has 0 aliphatic rings. The van der Waals surface area contributed by atoms with Crippen molar-refractivity contribution < 1.29 is 4.79 Å². The largest absolute Gasteiger partial charge is 0.356 e. The van der Waals surface area contributed by atoms with E-state index >= 15 is 0 Å². The van der Waals surface area contributed by atoms with Gasteiger partial charge in [-0.3, -0.25) is 15.5 Å². The smallest absolute Gasteiger partial charge is 0.250 e. The number of nitrogens with one attached hydrogen (secondary N) is 3. The Labute approximate surface area is 101 Å². The van der Waals surface area contributed by atoms with E-state index in [1.54, 1.807) is 6.08 Å². The number of amides is 1. The van der Waals surface area contributed by atoms with Crippen LogP contribution in [-0.2, 0) is 4.79 Å². The number of guanidine groups is 1. The summed E-state index contributed by atoms with van der Waals surface area (Å²) in [5, 5.41) is 12.6. The summed E-state index contributed by atoms with van der Waals surface area (Å²) >= 11 is 0. The molecule has 3 N–H and O–H groups in total. The van der Waals surface area contributed by atoms with Crippen LogP contribution in [0.15, 0.2) is 36.4 Å². The second kappa shape index (κ2) is 7.22. The Morgan fingerprint density at radius 1 is 1.35 bits per heavy atom. The first-order chi connectivity index (χ1) is 8.22. The Bertz CT molecular complexity index is 398. The third-order valence-corrected chi connectivity index (χ3v) is 2.03. The van der Waals surface area contributed by atoms with Crippen molar-refractivity contribution in [3.05, 3.63) is 42.0 Å². The van der Waals surface area contributed by atoms with Crippen LogP contribution in [0.3, 0.4) is 0 Å². The van der Waals surface area contributed by atoms with Crippen molar-refractivity contribution in [1.82, 2.24) is 10.6 Å². The van der Waals surface area contributed by atoms with E-state index in [4.69, 9.17) is 5.41 Å². The topological polar surface area (TPSA) is 65.0 Å². The van der Waals surface area contributed by atoms with Gasteiger partial charge in [-0.1, -0.05) is 37.3 Å². The summed E-state index contributed by atoms with van der Waals surface area (Å²) in [5.41, 5.74) is 0.954. The van der Waals surface area contributed by atoms with E-state index in [0.29, 0.717) is 6.54 Å². The second-order valence-electron chi connectivity index (χ2n) is 3.54. The Morgan fingerprint density at radius 3 is 2.71 bits per heavy atom. The Balaban J connectivity index is 2.39. The van der Waals surface area contributed by atoms with Gasteiger partial charge in [-0.25, -0.2) is 0 Å². The Morgan fingerprint density at radius 2 is 2.06 bits per heavy atom. The predicted octanol–water partition coefficient (Wildman–Crippen LogP) is 1.75. The summed E-state index contributed by atoms with van der Waals surface area (Å²) in [4.78, 5) is 11.4. The van der Waals surface area contributed by atoms with Crippen LogP contribution in [0, 0.1) is 5.41 Å². The zero-order valence-electron chi connectivity index (χ0n) is 9.86. The van der Waals surface area contributed by atoms with Gasteiger partial charge in [0.2, 0.25) is 0 Å². The molecular formula is C13H17N3O. The molecule has 0 aliphatic heterocycles. The number of rotatable bonds is 4. The van der Waals surface area contributed by atoms with E-state index in [2.05, 4.69) is 10.6 Å². The van der Waals surface area contributed by atoms with Crippen molar-refractivity contribution in [2.24, 2.45) is 0 Å². The van der Waals surface area contributed by atoms with Crippen molar-refractivity contribution in [3.63, 3.8) is 0 Å². The summed E-state index contributed by atoms with van der Waals surface area (Å²) in [6.45, 7) is 2.68. The molecule has 1 aromatic carbocycles. The quantitative estimate of drug-likeness (QED) is 0.420. The van der Waals surface area contributed by atoms with E-state index in [9.17, 15) is 4.79 Å². The molecule has 1 amide bonds. The highest BCUT2D eigenvalue weighted by Gasteiger charge is 1.98. The zero-order valence-corrected chi connectivity index (χ0v) is 9.86. The maximum atomic E-state index is 11.4. The van der Waals surface area contributed by atoms with Crippen LogP contribution in [0.4, 0.5) is 0 Å². The van der Waals surface area contributed by atoms with Crippen LogP contribution in [-0.4, -0.2) is 18.4 Å². The fraction of sp³-hybridized carbons (Fsp3) is 0.231.